The van der Waals surface area contributed by atoms with Crippen molar-refractivity contribution in [1.29, 1.82) is 0 Å². The van der Waals surface area contributed by atoms with Gasteiger partial charge in [-0.15, -0.1) is 0 Å². The second kappa shape index (κ2) is 5.88. The molecule has 0 radical (unpaired) electrons. The molecule has 1 nitrogen and oxygen atoms in total. The Morgan fingerprint density at radius 1 is 1.16 bits per heavy atom. The van der Waals surface area contributed by atoms with Crippen LogP contribution in [0.5, 0.6) is 5.75 Å². The molecular weight excluding hydrogens is 338 g/mol. The number of rotatable bonds is 3. The zero-order valence-corrected chi connectivity index (χ0v) is 12.3. The van der Waals surface area contributed by atoms with E-state index in [9.17, 15) is 8.78 Å². The van der Waals surface area contributed by atoms with E-state index in [4.69, 9.17) is 16.3 Å². The molecule has 0 spiro atoms. The Kier molecular flexibility index (Phi) is 4.42. The van der Waals surface area contributed by atoms with E-state index in [-0.39, 0.29) is 5.02 Å². The van der Waals surface area contributed by atoms with Gasteiger partial charge in [0.2, 0.25) is 0 Å². The van der Waals surface area contributed by atoms with Gasteiger partial charge in [-0.2, -0.15) is 0 Å². The maximum absolute atomic E-state index is 13.5. The van der Waals surface area contributed by atoms with Crippen LogP contribution in [0.25, 0.3) is 0 Å². The van der Waals surface area contributed by atoms with Crippen molar-refractivity contribution >= 4 is 27.5 Å². The van der Waals surface area contributed by atoms with Gasteiger partial charge in [-0.1, -0.05) is 39.7 Å². The Morgan fingerprint density at radius 2 is 1.89 bits per heavy atom. The van der Waals surface area contributed by atoms with Crippen LogP contribution in [0.15, 0.2) is 36.4 Å². The summed E-state index contributed by atoms with van der Waals surface area (Å²) in [5.41, 5.74) is 1.07. The third kappa shape index (κ3) is 2.90. The van der Waals surface area contributed by atoms with E-state index in [0.717, 1.165) is 0 Å². The predicted molar refractivity (Wildman–Crippen MR) is 75.1 cm³/mol. The van der Waals surface area contributed by atoms with Gasteiger partial charge < -0.3 is 4.74 Å². The number of hydrogen-bond donors (Lipinski definition) is 0. The van der Waals surface area contributed by atoms with Gasteiger partial charge >= 0.3 is 0 Å². The minimum absolute atomic E-state index is 0.00990. The van der Waals surface area contributed by atoms with Crippen molar-refractivity contribution in [1.82, 2.24) is 0 Å². The van der Waals surface area contributed by atoms with E-state index in [1.165, 1.54) is 31.4 Å². The molecule has 0 amide bonds. The lowest BCUT2D eigenvalue weighted by atomic mass is 10.0. The van der Waals surface area contributed by atoms with Crippen LogP contribution in [0.4, 0.5) is 8.78 Å². The fraction of sp³-hybridized carbons (Fsp3) is 0.143. The molecule has 0 heterocycles. The summed E-state index contributed by atoms with van der Waals surface area (Å²) < 4.78 is 32.0. The fourth-order valence-electron chi connectivity index (χ4n) is 1.79. The van der Waals surface area contributed by atoms with Crippen molar-refractivity contribution in [2.24, 2.45) is 0 Å². The Hall–Kier alpha value is -1.13. The van der Waals surface area contributed by atoms with Crippen LogP contribution in [0.1, 0.15) is 16.0 Å². The average Bonchev–Trinajstić information content (AvgIpc) is 2.41. The van der Waals surface area contributed by atoms with Crippen molar-refractivity contribution in [3.63, 3.8) is 0 Å². The molecule has 19 heavy (non-hydrogen) atoms. The summed E-state index contributed by atoms with van der Waals surface area (Å²) in [7, 11) is 1.49. The zero-order valence-electron chi connectivity index (χ0n) is 9.96. The van der Waals surface area contributed by atoms with E-state index >= 15 is 0 Å². The van der Waals surface area contributed by atoms with Gasteiger partial charge in [-0.05, 0) is 29.8 Å². The number of halogens is 4. The summed E-state index contributed by atoms with van der Waals surface area (Å²) in [5.74, 6) is -0.407. The summed E-state index contributed by atoms with van der Waals surface area (Å²) in [4.78, 5) is -0.457. The minimum Gasteiger partial charge on any atom is -0.496 e. The highest BCUT2D eigenvalue weighted by molar-refractivity contribution is 9.09. The molecule has 0 aliphatic carbocycles. The Bertz CT molecular complexity index is 604. The largest absolute Gasteiger partial charge is 0.496 e. The lowest BCUT2D eigenvalue weighted by Crippen LogP contribution is -1.99. The predicted octanol–water partition coefficient (Wildman–Crippen LogP) is 5.11. The lowest BCUT2D eigenvalue weighted by Gasteiger charge is -2.16. The van der Waals surface area contributed by atoms with Gasteiger partial charge in [0.25, 0.3) is 0 Å². The van der Waals surface area contributed by atoms with Gasteiger partial charge in [0.05, 0.1) is 17.0 Å². The minimum atomic E-state index is -0.515. The maximum atomic E-state index is 13.5. The molecule has 0 aliphatic rings. The van der Waals surface area contributed by atoms with Crippen LogP contribution >= 0.6 is 27.5 Å². The average molecular weight is 348 g/mol. The quantitative estimate of drug-likeness (QED) is 0.701. The van der Waals surface area contributed by atoms with E-state index in [1.54, 1.807) is 12.1 Å². The lowest BCUT2D eigenvalue weighted by molar-refractivity contribution is 0.409. The van der Waals surface area contributed by atoms with Crippen molar-refractivity contribution in [2.45, 2.75) is 4.83 Å². The highest BCUT2D eigenvalue weighted by Gasteiger charge is 2.20. The maximum Gasteiger partial charge on any atom is 0.142 e. The van der Waals surface area contributed by atoms with Gasteiger partial charge in [0.1, 0.15) is 17.4 Å². The molecule has 5 heteroatoms. The Labute approximate surface area is 123 Å². The number of ether oxygens (including phenoxy) is 1. The molecule has 0 bridgehead atoms. The second-order valence-corrected chi connectivity index (χ2v) is 5.19. The van der Waals surface area contributed by atoms with Crippen molar-refractivity contribution in [3.8, 4) is 5.75 Å². The third-order valence-electron chi connectivity index (χ3n) is 2.72. The third-order valence-corrected chi connectivity index (χ3v) is 4.10. The van der Waals surface area contributed by atoms with Crippen LogP contribution in [0, 0.1) is 11.6 Å². The van der Waals surface area contributed by atoms with Crippen LogP contribution in [-0.4, -0.2) is 7.11 Å². The SMILES string of the molecule is COc1ccc(F)cc1C(Br)c1cccc(F)c1Cl. The number of methoxy groups -OCH3 is 1. The van der Waals surface area contributed by atoms with E-state index in [2.05, 4.69) is 15.9 Å². The molecule has 2 aromatic carbocycles. The van der Waals surface area contributed by atoms with Crippen molar-refractivity contribution in [3.05, 3.63) is 64.2 Å². The van der Waals surface area contributed by atoms with E-state index < -0.39 is 16.5 Å². The Morgan fingerprint density at radius 3 is 2.58 bits per heavy atom. The summed E-state index contributed by atoms with van der Waals surface area (Å²) in [6.45, 7) is 0. The first-order valence-corrected chi connectivity index (χ1v) is 6.75. The number of alkyl halides is 1. The molecule has 0 saturated heterocycles. The van der Waals surface area contributed by atoms with Crippen molar-refractivity contribution in [2.75, 3.05) is 7.11 Å². The highest BCUT2D eigenvalue weighted by atomic mass is 79.9. The number of hydrogen-bond acceptors (Lipinski definition) is 1. The second-order valence-electron chi connectivity index (χ2n) is 3.89. The topological polar surface area (TPSA) is 9.23 Å². The Balaban J connectivity index is 2.52. The molecule has 2 rings (SSSR count). The van der Waals surface area contributed by atoms with Gasteiger partial charge in [0.15, 0.2) is 0 Å². The number of benzene rings is 2. The highest BCUT2D eigenvalue weighted by Crippen LogP contribution is 2.40. The molecule has 1 unspecified atom stereocenters. The molecule has 100 valence electrons. The van der Waals surface area contributed by atoms with Gasteiger partial charge in [0, 0.05) is 5.56 Å². The van der Waals surface area contributed by atoms with Crippen LogP contribution in [0.2, 0.25) is 5.02 Å². The molecular formula is C14H10BrClF2O. The smallest absolute Gasteiger partial charge is 0.142 e. The van der Waals surface area contributed by atoms with Crippen LogP contribution in [0.3, 0.4) is 0 Å². The van der Waals surface area contributed by atoms with Crippen molar-refractivity contribution < 1.29 is 13.5 Å². The van der Waals surface area contributed by atoms with Crippen LogP contribution in [-0.2, 0) is 0 Å². The molecule has 1 atom stereocenters. The summed E-state index contributed by atoms with van der Waals surface area (Å²) >= 11 is 9.34. The molecule has 2 aromatic rings. The summed E-state index contributed by atoms with van der Waals surface area (Å²) in [6, 6.07) is 8.65. The normalized spacial score (nSPS) is 12.3. The molecule has 0 aliphatic heterocycles. The molecule has 0 aromatic heterocycles. The van der Waals surface area contributed by atoms with E-state index in [1.807, 2.05) is 0 Å². The molecule has 0 saturated carbocycles. The van der Waals surface area contributed by atoms with Gasteiger partial charge in [-0.25, -0.2) is 8.78 Å². The van der Waals surface area contributed by atoms with Crippen LogP contribution < -0.4 is 4.74 Å². The van der Waals surface area contributed by atoms with E-state index in [0.29, 0.717) is 16.9 Å². The summed E-state index contributed by atoms with van der Waals surface area (Å²) in [6.07, 6.45) is 0. The first-order chi connectivity index (χ1) is 9.04. The molecule has 0 N–H and O–H groups in total. The molecule has 0 fully saturated rings. The monoisotopic (exact) mass is 346 g/mol. The summed E-state index contributed by atoms with van der Waals surface area (Å²) in [5, 5.41) is 0.00990. The first-order valence-electron chi connectivity index (χ1n) is 5.46. The van der Waals surface area contributed by atoms with Gasteiger partial charge in [-0.3, -0.25) is 0 Å². The standard InChI is InChI=1S/C14H10BrClF2O/c1-19-12-6-5-8(17)7-10(12)13(15)9-3-2-4-11(18)14(9)16/h2-7,13H,1H3. The zero-order chi connectivity index (χ0) is 14.0. The fourth-order valence-corrected chi connectivity index (χ4v) is 2.89. The first kappa shape index (κ1) is 14.3.